The number of halogens is 1. The van der Waals surface area contributed by atoms with Gasteiger partial charge in [0.2, 0.25) is 0 Å². The lowest BCUT2D eigenvalue weighted by molar-refractivity contribution is 0.617. The second kappa shape index (κ2) is 5.06. The standard InChI is InChI=1S/C14H15FN2/c1-10-2-3-12(15)9-13(10)14(16)8-11-4-6-17-7-5-11/h2-7,9,14H,8,16H2,1H3. The van der Waals surface area contributed by atoms with Gasteiger partial charge in [-0.15, -0.1) is 0 Å². The van der Waals surface area contributed by atoms with Gasteiger partial charge in [0.15, 0.2) is 0 Å². The van der Waals surface area contributed by atoms with E-state index in [1.807, 2.05) is 19.1 Å². The summed E-state index contributed by atoms with van der Waals surface area (Å²) in [6.45, 7) is 1.95. The zero-order valence-corrected chi connectivity index (χ0v) is 9.73. The first kappa shape index (κ1) is 11.7. The second-order valence-corrected chi connectivity index (χ2v) is 4.17. The van der Waals surface area contributed by atoms with Crippen molar-refractivity contribution in [1.29, 1.82) is 0 Å². The first-order valence-electron chi connectivity index (χ1n) is 5.57. The molecule has 0 aliphatic heterocycles. The average Bonchev–Trinajstić information content (AvgIpc) is 2.33. The van der Waals surface area contributed by atoms with E-state index in [0.29, 0.717) is 6.42 Å². The van der Waals surface area contributed by atoms with Crippen LogP contribution < -0.4 is 5.73 Å². The van der Waals surface area contributed by atoms with Crippen LogP contribution in [0.3, 0.4) is 0 Å². The molecule has 0 saturated heterocycles. The molecule has 2 nitrogen and oxygen atoms in total. The predicted molar refractivity (Wildman–Crippen MR) is 66.0 cm³/mol. The molecule has 17 heavy (non-hydrogen) atoms. The van der Waals surface area contributed by atoms with E-state index in [0.717, 1.165) is 16.7 Å². The van der Waals surface area contributed by atoms with Crippen LogP contribution in [0, 0.1) is 12.7 Å². The van der Waals surface area contributed by atoms with Crippen LogP contribution in [0.5, 0.6) is 0 Å². The summed E-state index contributed by atoms with van der Waals surface area (Å²) in [5.74, 6) is -0.240. The molecular weight excluding hydrogens is 215 g/mol. The van der Waals surface area contributed by atoms with Gasteiger partial charge in [0, 0.05) is 18.4 Å². The average molecular weight is 230 g/mol. The Kier molecular flexibility index (Phi) is 3.49. The van der Waals surface area contributed by atoms with Crippen LogP contribution in [0.2, 0.25) is 0 Å². The van der Waals surface area contributed by atoms with Crippen molar-refractivity contribution in [3.63, 3.8) is 0 Å². The predicted octanol–water partition coefficient (Wildman–Crippen LogP) is 2.77. The smallest absolute Gasteiger partial charge is 0.123 e. The van der Waals surface area contributed by atoms with E-state index in [9.17, 15) is 4.39 Å². The highest BCUT2D eigenvalue weighted by Gasteiger charge is 2.10. The molecule has 0 aliphatic rings. The molecule has 0 bridgehead atoms. The number of hydrogen-bond donors (Lipinski definition) is 1. The largest absolute Gasteiger partial charge is 0.324 e. The van der Waals surface area contributed by atoms with Gasteiger partial charge in [0.05, 0.1) is 0 Å². The second-order valence-electron chi connectivity index (χ2n) is 4.17. The fourth-order valence-electron chi connectivity index (χ4n) is 1.89. The molecule has 0 amide bonds. The highest BCUT2D eigenvalue weighted by molar-refractivity contribution is 5.30. The third-order valence-electron chi connectivity index (χ3n) is 2.85. The maximum atomic E-state index is 13.2. The summed E-state index contributed by atoms with van der Waals surface area (Å²) in [5.41, 5.74) is 9.10. The van der Waals surface area contributed by atoms with Crippen molar-refractivity contribution in [2.45, 2.75) is 19.4 Å². The van der Waals surface area contributed by atoms with Gasteiger partial charge in [-0.05, 0) is 54.3 Å². The zero-order valence-electron chi connectivity index (χ0n) is 9.73. The SMILES string of the molecule is Cc1ccc(F)cc1C(N)Cc1ccncc1. The van der Waals surface area contributed by atoms with Gasteiger partial charge in [-0.2, -0.15) is 0 Å². The van der Waals surface area contributed by atoms with Crippen molar-refractivity contribution in [2.75, 3.05) is 0 Å². The van der Waals surface area contributed by atoms with Gasteiger partial charge >= 0.3 is 0 Å². The molecule has 0 aliphatic carbocycles. The lowest BCUT2D eigenvalue weighted by Gasteiger charge is -2.14. The van der Waals surface area contributed by atoms with E-state index in [2.05, 4.69) is 4.98 Å². The molecule has 0 spiro atoms. The Balaban J connectivity index is 2.20. The van der Waals surface area contributed by atoms with Gasteiger partial charge in [0.25, 0.3) is 0 Å². The molecule has 88 valence electrons. The molecule has 0 fully saturated rings. The first-order chi connectivity index (χ1) is 8.16. The first-order valence-corrected chi connectivity index (χ1v) is 5.57. The molecule has 1 aromatic carbocycles. The van der Waals surface area contributed by atoms with Crippen LogP contribution in [0.1, 0.15) is 22.7 Å². The van der Waals surface area contributed by atoms with Gasteiger partial charge in [0.1, 0.15) is 5.82 Å². The Labute approximate surface area is 100 Å². The van der Waals surface area contributed by atoms with Gasteiger partial charge in [-0.1, -0.05) is 6.07 Å². The third kappa shape index (κ3) is 2.88. The van der Waals surface area contributed by atoms with Crippen LogP contribution in [0.25, 0.3) is 0 Å². The van der Waals surface area contributed by atoms with Crippen molar-refractivity contribution in [1.82, 2.24) is 4.98 Å². The van der Waals surface area contributed by atoms with Gasteiger partial charge in [-0.3, -0.25) is 4.98 Å². The van der Waals surface area contributed by atoms with Gasteiger partial charge < -0.3 is 5.73 Å². The normalized spacial score (nSPS) is 12.4. The fraction of sp³-hybridized carbons (Fsp3) is 0.214. The molecule has 3 heteroatoms. The molecule has 2 N–H and O–H groups in total. The van der Waals surface area contributed by atoms with Crippen LogP contribution >= 0.6 is 0 Å². The summed E-state index contributed by atoms with van der Waals surface area (Å²) in [6.07, 6.45) is 4.16. The van der Waals surface area contributed by atoms with E-state index >= 15 is 0 Å². The number of hydrogen-bond acceptors (Lipinski definition) is 2. The molecular formula is C14H15FN2. The van der Waals surface area contributed by atoms with Crippen molar-refractivity contribution < 1.29 is 4.39 Å². The third-order valence-corrected chi connectivity index (χ3v) is 2.85. The molecule has 1 aromatic heterocycles. The molecule has 0 saturated carbocycles. The summed E-state index contributed by atoms with van der Waals surface area (Å²) in [7, 11) is 0. The van der Waals surface area contributed by atoms with E-state index in [-0.39, 0.29) is 11.9 Å². The van der Waals surface area contributed by atoms with Crippen molar-refractivity contribution >= 4 is 0 Å². The summed E-state index contributed by atoms with van der Waals surface area (Å²) in [5, 5.41) is 0. The number of nitrogens with zero attached hydrogens (tertiary/aromatic N) is 1. The van der Waals surface area contributed by atoms with Crippen LogP contribution in [-0.2, 0) is 6.42 Å². The highest BCUT2D eigenvalue weighted by atomic mass is 19.1. The van der Waals surface area contributed by atoms with Gasteiger partial charge in [-0.25, -0.2) is 4.39 Å². The van der Waals surface area contributed by atoms with Crippen LogP contribution in [0.4, 0.5) is 4.39 Å². The number of rotatable bonds is 3. The maximum Gasteiger partial charge on any atom is 0.123 e. The molecule has 2 rings (SSSR count). The number of pyridine rings is 1. The Hall–Kier alpha value is -1.74. The molecule has 0 radical (unpaired) electrons. The number of benzene rings is 1. The van der Waals surface area contributed by atoms with Crippen LogP contribution in [-0.4, -0.2) is 4.98 Å². The number of aromatic nitrogens is 1. The molecule has 1 unspecified atom stereocenters. The van der Waals surface area contributed by atoms with E-state index in [1.165, 1.54) is 12.1 Å². The Morgan fingerprint density at radius 2 is 1.94 bits per heavy atom. The minimum atomic E-state index is -0.240. The summed E-state index contributed by atoms with van der Waals surface area (Å²) in [6, 6.07) is 8.40. The Morgan fingerprint density at radius 1 is 1.24 bits per heavy atom. The fourth-order valence-corrected chi connectivity index (χ4v) is 1.89. The summed E-state index contributed by atoms with van der Waals surface area (Å²) >= 11 is 0. The lowest BCUT2D eigenvalue weighted by atomic mass is 9.96. The molecule has 1 heterocycles. The van der Waals surface area contributed by atoms with Crippen molar-refractivity contribution in [2.24, 2.45) is 5.73 Å². The van der Waals surface area contributed by atoms with Crippen LogP contribution in [0.15, 0.2) is 42.7 Å². The highest BCUT2D eigenvalue weighted by Crippen LogP contribution is 2.20. The quantitative estimate of drug-likeness (QED) is 0.880. The zero-order chi connectivity index (χ0) is 12.3. The Bertz CT molecular complexity index is 497. The monoisotopic (exact) mass is 230 g/mol. The lowest BCUT2D eigenvalue weighted by Crippen LogP contribution is -2.15. The molecule has 2 aromatic rings. The maximum absolute atomic E-state index is 13.2. The number of aryl methyl sites for hydroxylation is 1. The van der Waals surface area contributed by atoms with E-state index < -0.39 is 0 Å². The Morgan fingerprint density at radius 3 is 2.65 bits per heavy atom. The summed E-state index contributed by atoms with van der Waals surface area (Å²) in [4.78, 5) is 3.96. The minimum absolute atomic E-state index is 0.187. The summed E-state index contributed by atoms with van der Waals surface area (Å²) < 4.78 is 13.2. The molecule has 1 atom stereocenters. The topological polar surface area (TPSA) is 38.9 Å². The number of nitrogens with two attached hydrogens (primary N) is 1. The van der Waals surface area contributed by atoms with E-state index in [4.69, 9.17) is 5.73 Å². The van der Waals surface area contributed by atoms with E-state index in [1.54, 1.807) is 18.5 Å². The van der Waals surface area contributed by atoms with Crippen molar-refractivity contribution in [3.05, 3.63) is 65.2 Å². The van der Waals surface area contributed by atoms with Crippen molar-refractivity contribution in [3.8, 4) is 0 Å². The minimum Gasteiger partial charge on any atom is -0.324 e.